The molecule has 1 atom stereocenters. The van der Waals surface area contributed by atoms with Crippen LogP contribution in [-0.2, 0) is 9.53 Å². The summed E-state index contributed by atoms with van der Waals surface area (Å²) in [6, 6.07) is 4.01. The second-order valence-electron chi connectivity index (χ2n) is 9.61. The van der Waals surface area contributed by atoms with Crippen molar-refractivity contribution in [2.24, 2.45) is 10.9 Å². The predicted octanol–water partition coefficient (Wildman–Crippen LogP) is 4.21. The highest BCUT2D eigenvalue weighted by atomic mass is 32.1. The highest BCUT2D eigenvalue weighted by Gasteiger charge is 2.38. The summed E-state index contributed by atoms with van der Waals surface area (Å²) in [6.45, 7) is 6.35. The van der Waals surface area contributed by atoms with Crippen molar-refractivity contribution in [3.05, 3.63) is 80.5 Å². The lowest BCUT2D eigenvalue weighted by molar-refractivity contribution is -0.139. The molecule has 2 aliphatic rings. The Balaban J connectivity index is 1.52. The summed E-state index contributed by atoms with van der Waals surface area (Å²) in [7, 11) is 0. The molecule has 0 saturated carbocycles. The van der Waals surface area contributed by atoms with Crippen LogP contribution in [-0.4, -0.2) is 57.5 Å². The van der Waals surface area contributed by atoms with E-state index >= 15 is 0 Å². The molecule has 10 nitrogen and oxygen atoms in total. The molecule has 2 N–H and O–H groups in total. The van der Waals surface area contributed by atoms with Crippen molar-refractivity contribution < 1.29 is 23.8 Å². The van der Waals surface area contributed by atoms with Crippen LogP contribution in [0.4, 0.5) is 10.3 Å². The standard InChI is InChI=1S/C28H29FN6O4S/c1-4-39-27(38)20-22(17-8-11-35(12-9-17)28-31-14-15(2)21(34-28)26(36)37)32-24(25-30-10-13-40-25)33-23(20)18-6-5-7-19(29)16(18)3/h5-7,10,13-14,17,23H,4,8-9,11-12H2,1-3H3,(H,32,33)(H,36,37). The van der Waals surface area contributed by atoms with Gasteiger partial charge in [0.15, 0.2) is 16.5 Å². The van der Waals surface area contributed by atoms with E-state index in [4.69, 9.17) is 9.73 Å². The number of carboxylic acid groups (broad SMARTS) is 1. The zero-order chi connectivity index (χ0) is 28.4. The Labute approximate surface area is 234 Å². The molecule has 0 radical (unpaired) electrons. The van der Waals surface area contributed by atoms with Crippen molar-refractivity contribution in [2.45, 2.75) is 39.7 Å². The van der Waals surface area contributed by atoms with Crippen molar-refractivity contribution in [1.82, 2.24) is 20.3 Å². The zero-order valence-corrected chi connectivity index (χ0v) is 23.2. The first-order valence-corrected chi connectivity index (χ1v) is 13.9. The number of nitrogens with zero attached hydrogens (tertiary/aromatic N) is 5. The highest BCUT2D eigenvalue weighted by Crippen LogP contribution is 2.39. The van der Waals surface area contributed by atoms with Crippen molar-refractivity contribution in [3.8, 4) is 0 Å². The third-order valence-corrected chi connectivity index (χ3v) is 7.94. The molecule has 1 fully saturated rings. The van der Waals surface area contributed by atoms with E-state index in [0.29, 0.717) is 70.7 Å². The maximum Gasteiger partial charge on any atom is 0.354 e. The summed E-state index contributed by atoms with van der Waals surface area (Å²) in [4.78, 5) is 44.9. The fraction of sp³-hybridized carbons (Fsp3) is 0.357. The number of carbonyl (C=O) groups is 2. The van der Waals surface area contributed by atoms with E-state index in [2.05, 4.69) is 20.3 Å². The molecule has 3 aromatic rings. The van der Waals surface area contributed by atoms with Gasteiger partial charge in [-0.15, -0.1) is 11.3 Å². The number of nitrogens with one attached hydrogen (secondary N) is 1. The number of aliphatic imine (C=N–C) groups is 1. The second kappa shape index (κ2) is 11.5. The number of thiazole rings is 1. The normalized spacial score (nSPS) is 17.9. The first-order valence-electron chi connectivity index (χ1n) is 13.0. The van der Waals surface area contributed by atoms with Gasteiger partial charge in [-0.05, 0) is 50.8 Å². The third-order valence-electron chi connectivity index (χ3n) is 7.16. The molecule has 1 saturated heterocycles. The van der Waals surface area contributed by atoms with E-state index in [1.54, 1.807) is 39.1 Å². The van der Waals surface area contributed by atoms with E-state index in [-0.39, 0.29) is 24.0 Å². The van der Waals surface area contributed by atoms with E-state index in [9.17, 15) is 19.1 Å². The maximum absolute atomic E-state index is 14.7. The number of benzene rings is 1. The van der Waals surface area contributed by atoms with Gasteiger partial charge in [0.05, 0.1) is 12.2 Å². The molecule has 0 spiro atoms. The molecule has 0 bridgehead atoms. The molecular weight excluding hydrogens is 535 g/mol. The molecule has 5 rings (SSSR count). The van der Waals surface area contributed by atoms with Crippen LogP contribution in [0.1, 0.15) is 58.0 Å². The van der Waals surface area contributed by atoms with Crippen LogP contribution in [0.25, 0.3) is 0 Å². The van der Waals surface area contributed by atoms with Crippen LogP contribution in [0.3, 0.4) is 0 Å². The van der Waals surface area contributed by atoms with Gasteiger partial charge in [0, 0.05) is 48.0 Å². The largest absolute Gasteiger partial charge is 0.476 e. The Kier molecular flexibility index (Phi) is 7.88. The summed E-state index contributed by atoms with van der Waals surface area (Å²) in [5.41, 5.74) is 2.51. The number of allylic oxidation sites excluding steroid dienone is 1. The summed E-state index contributed by atoms with van der Waals surface area (Å²) in [6.07, 6.45) is 4.46. The number of aromatic nitrogens is 3. The Hall–Kier alpha value is -4.19. The van der Waals surface area contributed by atoms with Crippen molar-refractivity contribution in [2.75, 3.05) is 24.6 Å². The molecule has 0 aliphatic carbocycles. The number of halogens is 1. The van der Waals surface area contributed by atoms with Gasteiger partial charge in [-0.2, -0.15) is 0 Å². The number of carboxylic acids is 1. The third kappa shape index (κ3) is 5.31. The van der Waals surface area contributed by atoms with E-state index < -0.39 is 18.0 Å². The molecule has 40 heavy (non-hydrogen) atoms. The summed E-state index contributed by atoms with van der Waals surface area (Å²) in [5, 5.41) is 15.4. The number of piperidine rings is 1. The molecule has 0 amide bonds. The second-order valence-corrected chi connectivity index (χ2v) is 10.5. The van der Waals surface area contributed by atoms with Crippen LogP contribution < -0.4 is 10.2 Å². The van der Waals surface area contributed by atoms with Crippen LogP contribution in [0.5, 0.6) is 0 Å². The summed E-state index contributed by atoms with van der Waals surface area (Å²) in [5.74, 6) is -1.19. The van der Waals surface area contributed by atoms with Gasteiger partial charge in [0.25, 0.3) is 0 Å². The summed E-state index contributed by atoms with van der Waals surface area (Å²) < 4.78 is 20.2. The zero-order valence-electron chi connectivity index (χ0n) is 22.3. The van der Waals surface area contributed by atoms with Crippen LogP contribution >= 0.6 is 11.3 Å². The molecule has 208 valence electrons. The minimum absolute atomic E-state index is 0.0222. The minimum atomic E-state index is -1.10. The highest BCUT2D eigenvalue weighted by molar-refractivity contribution is 7.11. The number of carbonyl (C=O) groups excluding carboxylic acids is 1. The quantitative estimate of drug-likeness (QED) is 0.405. The number of amidine groups is 1. The van der Waals surface area contributed by atoms with E-state index in [1.807, 2.05) is 10.3 Å². The topological polar surface area (TPSA) is 130 Å². The number of ether oxygens (including phenoxy) is 1. The van der Waals surface area contributed by atoms with Crippen molar-refractivity contribution in [1.29, 1.82) is 0 Å². The maximum atomic E-state index is 14.7. The van der Waals surface area contributed by atoms with Gasteiger partial charge in [-0.25, -0.2) is 28.9 Å². The molecular formula is C28H29FN6O4S. The SMILES string of the molecule is CCOC(=O)C1=C(C2CCN(c3ncc(C)c(C(=O)O)n3)CC2)NC(c2nccs2)=NC1c1cccc(F)c1C. The summed E-state index contributed by atoms with van der Waals surface area (Å²) >= 11 is 1.42. The van der Waals surface area contributed by atoms with Gasteiger partial charge in [0.2, 0.25) is 5.95 Å². The molecule has 1 aromatic carbocycles. The van der Waals surface area contributed by atoms with E-state index in [0.717, 1.165) is 0 Å². The molecule has 12 heteroatoms. The monoisotopic (exact) mass is 564 g/mol. The van der Waals surface area contributed by atoms with Crippen molar-refractivity contribution >= 4 is 35.1 Å². The minimum Gasteiger partial charge on any atom is -0.476 e. The molecule has 1 unspecified atom stereocenters. The van der Waals surface area contributed by atoms with Gasteiger partial charge < -0.3 is 20.1 Å². The predicted molar refractivity (Wildman–Crippen MR) is 148 cm³/mol. The Morgan fingerprint density at radius 1 is 1.23 bits per heavy atom. The number of rotatable bonds is 7. The van der Waals surface area contributed by atoms with E-state index in [1.165, 1.54) is 23.6 Å². The lowest BCUT2D eigenvalue weighted by Crippen LogP contribution is -2.42. The lowest BCUT2D eigenvalue weighted by atomic mass is 9.85. The smallest absolute Gasteiger partial charge is 0.354 e. The number of hydrogen-bond donors (Lipinski definition) is 2. The van der Waals surface area contributed by atoms with Crippen LogP contribution in [0.2, 0.25) is 0 Å². The first kappa shape index (κ1) is 27.4. The van der Waals surface area contributed by atoms with Crippen molar-refractivity contribution in [3.63, 3.8) is 0 Å². The number of esters is 1. The number of aryl methyl sites for hydroxylation is 1. The molecule has 4 heterocycles. The Bertz CT molecular complexity index is 1500. The number of aromatic carboxylic acids is 1. The molecule has 2 aliphatic heterocycles. The van der Waals surface area contributed by atoms with Crippen LogP contribution in [0, 0.1) is 25.6 Å². The fourth-order valence-electron chi connectivity index (χ4n) is 5.08. The van der Waals surface area contributed by atoms with Gasteiger partial charge in [0.1, 0.15) is 11.9 Å². The lowest BCUT2D eigenvalue weighted by Gasteiger charge is -2.36. The number of hydrogen-bond acceptors (Lipinski definition) is 10. The fourth-order valence-corrected chi connectivity index (χ4v) is 5.67. The average Bonchev–Trinajstić information content (AvgIpc) is 3.49. The van der Waals surface area contributed by atoms with Gasteiger partial charge >= 0.3 is 11.9 Å². The first-order chi connectivity index (χ1) is 19.3. The number of anilines is 1. The Morgan fingerprint density at radius 2 is 2.00 bits per heavy atom. The van der Waals surface area contributed by atoms with Gasteiger partial charge in [-0.1, -0.05) is 12.1 Å². The Morgan fingerprint density at radius 3 is 2.67 bits per heavy atom. The van der Waals surface area contributed by atoms with Gasteiger partial charge in [-0.3, -0.25) is 4.99 Å². The average molecular weight is 565 g/mol. The van der Waals surface area contributed by atoms with Crippen LogP contribution in [0.15, 0.2) is 52.2 Å². The molecule has 2 aromatic heterocycles.